The normalized spacial score (nSPS) is 18.7. The number of oxazole rings is 1. The van der Waals surface area contributed by atoms with Crippen LogP contribution in [0.15, 0.2) is 16.7 Å². The van der Waals surface area contributed by atoms with Crippen LogP contribution in [0.2, 0.25) is 0 Å². The van der Waals surface area contributed by atoms with Gasteiger partial charge in [0.25, 0.3) is 0 Å². The van der Waals surface area contributed by atoms with Crippen LogP contribution in [0.1, 0.15) is 39.8 Å². The Kier molecular flexibility index (Phi) is 4.54. The van der Waals surface area contributed by atoms with Gasteiger partial charge in [-0.05, 0) is 20.3 Å². The summed E-state index contributed by atoms with van der Waals surface area (Å²) in [5, 5.41) is 13.2. The molecule has 3 aromatic rings. The third-order valence-corrected chi connectivity index (χ3v) is 5.03. The van der Waals surface area contributed by atoms with Crippen LogP contribution in [0.5, 0.6) is 5.88 Å². The predicted octanol–water partition coefficient (Wildman–Crippen LogP) is 3.04. The summed E-state index contributed by atoms with van der Waals surface area (Å²) in [7, 11) is 0. The summed E-state index contributed by atoms with van der Waals surface area (Å²) in [4.78, 5) is 13.2. The van der Waals surface area contributed by atoms with Crippen molar-refractivity contribution in [3.05, 3.63) is 39.8 Å². The van der Waals surface area contributed by atoms with Gasteiger partial charge in [-0.3, -0.25) is 0 Å². The van der Waals surface area contributed by atoms with Crippen LogP contribution < -0.4 is 10.1 Å². The third kappa shape index (κ3) is 3.98. The number of nitrogens with zero attached hydrogens (tertiary/aromatic N) is 5. The van der Waals surface area contributed by atoms with Crippen molar-refractivity contribution in [1.82, 2.24) is 25.1 Å². The second-order valence-corrected chi connectivity index (χ2v) is 7.68. The van der Waals surface area contributed by atoms with Gasteiger partial charge in [0.05, 0.1) is 18.8 Å². The molecule has 9 heteroatoms. The maximum absolute atomic E-state index is 5.89. The lowest BCUT2D eigenvalue weighted by molar-refractivity contribution is 0.284. The minimum absolute atomic E-state index is 0.425. The molecule has 136 valence electrons. The number of nitrogens with one attached hydrogen (secondary N) is 1. The smallest absolute Gasteiger partial charge is 0.218 e. The highest BCUT2D eigenvalue weighted by Gasteiger charge is 2.41. The predicted molar refractivity (Wildman–Crippen MR) is 96.3 cm³/mol. The Hall–Kier alpha value is -2.55. The lowest BCUT2D eigenvalue weighted by Gasteiger charge is -2.08. The Morgan fingerprint density at radius 3 is 2.85 bits per heavy atom. The SMILES string of the molecule is Cc1nc(NCc2nnc(C)s2)cc(OC[C@H]2C[C@@H]2c2coc(C)n2)n1. The Morgan fingerprint density at radius 2 is 2.12 bits per heavy atom. The zero-order valence-electron chi connectivity index (χ0n) is 14.9. The number of hydrogen-bond acceptors (Lipinski definition) is 9. The molecule has 3 heterocycles. The number of aryl methyl sites for hydroxylation is 3. The lowest BCUT2D eigenvalue weighted by Crippen LogP contribution is -2.07. The van der Waals surface area contributed by atoms with Crippen LogP contribution in [0.25, 0.3) is 0 Å². The van der Waals surface area contributed by atoms with Crippen LogP contribution in [0.3, 0.4) is 0 Å². The summed E-state index contributed by atoms with van der Waals surface area (Å²) >= 11 is 1.56. The van der Waals surface area contributed by atoms with Gasteiger partial charge in [-0.15, -0.1) is 10.2 Å². The van der Waals surface area contributed by atoms with Gasteiger partial charge in [-0.25, -0.2) is 9.97 Å². The fourth-order valence-electron chi connectivity index (χ4n) is 2.82. The molecule has 1 saturated carbocycles. The first-order chi connectivity index (χ1) is 12.6. The average molecular weight is 372 g/mol. The first kappa shape index (κ1) is 16.9. The largest absolute Gasteiger partial charge is 0.477 e. The first-order valence-corrected chi connectivity index (χ1v) is 9.32. The summed E-state index contributed by atoms with van der Waals surface area (Å²) in [6.45, 7) is 6.84. The molecular weight excluding hydrogens is 352 g/mol. The molecule has 0 spiro atoms. The molecular formula is C17H20N6O2S. The quantitative estimate of drug-likeness (QED) is 0.676. The summed E-state index contributed by atoms with van der Waals surface area (Å²) in [5.41, 5.74) is 1.02. The van der Waals surface area contributed by atoms with Gasteiger partial charge in [-0.2, -0.15) is 4.98 Å². The van der Waals surface area contributed by atoms with Gasteiger partial charge in [0, 0.05) is 24.8 Å². The van der Waals surface area contributed by atoms with Crippen LogP contribution in [0, 0.1) is 26.7 Å². The van der Waals surface area contributed by atoms with E-state index in [-0.39, 0.29) is 0 Å². The summed E-state index contributed by atoms with van der Waals surface area (Å²) < 4.78 is 11.2. The van der Waals surface area contributed by atoms with E-state index in [1.165, 1.54) is 0 Å². The van der Waals surface area contributed by atoms with E-state index in [0.29, 0.717) is 42.6 Å². The van der Waals surface area contributed by atoms with Crippen LogP contribution in [-0.4, -0.2) is 31.8 Å². The molecule has 0 radical (unpaired) electrons. The second kappa shape index (κ2) is 6.99. The Bertz CT molecular complexity index is 908. The maximum Gasteiger partial charge on any atom is 0.218 e. The topological polar surface area (TPSA) is 98.9 Å². The summed E-state index contributed by atoms with van der Waals surface area (Å²) in [5.74, 6) is 3.55. The second-order valence-electron chi connectivity index (χ2n) is 6.41. The summed E-state index contributed by atoms with van der Waals surface area (Å²) in [6.07, 6.45) is 2.81. The molecule has 0 aromatic carbocycles. The van der Waals surface area contributed by atoms with E-state index in [1.807, 2.05) is 26.8 Å². The number of hydrogen-bond donors (Lipinski definition) is 1. The van der Waals surface area contributed by atoms with Crippen LogP contribution >= 0.6 is 11.3 Å². The van der Waals surface area contributed by atoms with Gasteiger partial charge < -0.3 is 14.5 Å². The van der Waals surface area contributed by atoms with E-state index in [9.17, 15) is 0 Å². The van der Waals surface area contributed by atoms with Gasteiger partial charge in [0.2, 0.25) is 5.88 Å². The van der Waals surface area contributed by atoms with Crippen molar-refractivity contribution in [2.24, 2.45) is 5.92 Å². The standard InChI is InChI=1S/C17H20N6O2S/c1-9-19-15(18-6-17-23-22-11(3)26-17)5-16(20-9)25-7-12-4-13(12)14-8-24-10(2)21-14/h5,8,12-13H,4,6-7H2,1-3H3,(H,18,19,20)/t12-,13+/m1/s1. The van der Waals surface area contributed by atoms with Crippen LogP contribution in [0.4, 0.5) is 5.82 Å². The molecule has 1 aliphatic rings. The van der Waals surface area contributed by atoms with Gasteiger partial charge in [-0.1, -0.05) is 11.3 Å². The lowest BCUT2D eigenvalue weighted by atomic mass is 10.2. The minimum Gasteiger partial charge on any atom is -0.477 e. The minimum atomic E-state index is 0.425. The molecule has 0 aliphatic heterocycles. The highest BCUT2D eigenvalue weighted by Crippen LogP contribution is 2.47. The molecule has 0 unspecified atom stereocenters. The van der Waals surface area contributed by atoms with Crippen molar-refractivity contribution < 1.29 is 9.15 Å². The number of ether oxygens (including phenoxy) is 1. The molecule has 8 nitrogen and oxygen atoms in total. The molecule has 1 fully saturated rings. The first-order valence-electron chi connectivity index (χ1n) is 8.50. The van der Waals surface area contributed by atoms with Gasteiger partial charge >= 0.3 is 0 Å². The molecule has 26 heavy (non-hydrogen) atoms. The Morgan fingerprint density at radius 1 is 1.23 bits per heavy atom. The van der Waals surface area contributed by atoms with E-state index in [2.05, 4.69) is 30.5 Å². The number of aromatic nitrogens is 5. The van der Waals surface area contributed by atoms with E-state index >= 15 is 0 Å². The Labute approximate surface area is 155 Å². The molecule has 1 aliphatic carbocycles. The molecule has 0 saturated heterocycles. The van der Waals surface area contributed by atoms with Crippen LogP contribution in [-0.2, 0) is 6.54 Å². The zero-order valence-corrected chi connectivity index (χ0v) is 15.7. The number of rotatable bonds is 7. The fraction of sp³-hybridized carbons (Fsp3) is 0.471. The van der Waals surface area contributed by atoms with Crippen molar-refractivity contribution in [3.8, 4) is 5.88 Å². The van der Waals surface area contributed by atoms with E-state index in [4.69, 9.17) is 9.15 Å². The third-order valence-electron chi connectivity index (χ3n) is 4.19. The van der Waals surface area contributed by atoms with Gasteiger partial charge in [0.15, 0.2) is 5.89 Å². The zero-order chi connectivity index (χ0) is 18.1. The van der Waals surface area contributed by atoms with Crippen molar-refractivity contribution in [1.29, 1.82) is 0 Å². The average Bonchev–Trinajstić information content (AvgIpc) is 3.05. The van der Waals surface area contributed by atoms with Crippen molar-refractivity contribution >= 4 is 17.2 Å². The molecule has 2 atom stereocenters. The molecule has 3 aromatic heterocycles. The highest BCUT2D eigenvalue weighted by atomic mass is 32.1. The monoisotopic (exact) mass is 372 g/mol. The molecule has 4 rings (SSSR count). The highest BCUT2D eigenvalue weighted by molar-refractivity contribution is 7.11. The van der Waals surface area contributed by atoms with Crippen molar-refractivity contribution in [3.63, 3.8) is 0 Å². The van der Waals surface area contributed by atoms with E-state index in [0.717, 1.165) is 27.9 Å². The van der Waals surface area contributed by atoms with Crippen molar-refractivity contribution in [2.45, 2.75) is 39.7 Å². The summed E-state index contributed by atoms with van der Waals surface area (Å²) in [6, 6.07) is 1.82. The molecule has 0 bridgehead atoms. The van der Waals surface area contributed by atoms with E-state index < -0.39 is 0 Å². The number of anilines is 1. The Balaban J connectivity index is 1.33. The maximum atomic E-state index is 5.89. The van der Waals surface area contributed by atoms with Gasteiger partial charge in [0.1, 0.15) is 27.9 Å². The van der Waals surface area contributed by atoms with Crippen molar-refractivity contribution in [2.75, 3.05) is 11.9 Å². The molecule has 1 N–H and O–H groups in total. The fourth-order valence-corrected chi connectivity index (χ4v) is 3.47. The van der Waals surface area contributed by atoms with E-state index in [1.54, 1.807) is 17.6 Å². The molecule has 0 amide bonds.